The van der Waals surface area contributed by atoms with Crippen LogP contribution in [0.1, 0.15) is 6.42 Å². The first-order chi connectivity index (χ1) is 9.34. The Kier molecular flexibility index (Phi) is 2.20. The molecule has 20 heavy (non-hydrogen) atoms. The Morgan fingerprint density at radius 1 is 1.40 bits per heavy atom. The SMILES string of the molecule is C=CCN1C(=O)C2C3CC([Si](C)(C)C)(C4OC34)C2C1=O. The standard InChI is InChI=1S/C15H21NO3Si/c1-5-6-16-13(17)9-8-7-15(20(2,3)4,10(9)14(16)18)12-11(8)19-12/h5,8-12H,1,6-7H2,2-4H3. The number of nitrogens with zero attached hydrogens (tertiary/aromatic N) is 1. The summed E-state index contributed by atoms with van der Waals surface area (Å²) < 4.78 is 5.89. The van der Waals surface area contributed by atoms with Gasteiger partial charge in [0.25, 0.3) is 0 Å². The second-order valence-electron chi connectivity index (χ2n) is 7.76. The highest BCUT2D eigenvalue weighted by molar-refractivity contribution is 6.80. The average Bonchev–Trinajstić information content (AvgIpc) is 2.93. The summed E-state index contributed by atoms with van der Waals surface area (Å²) in [6.45, 7) is 11.0. The summed E-state index contributed by atoms with van der Waals surface area (Å²) in [6, 6.07) is 0. The molecule has 5 heteroatoms. The third-order valence-corrected chi connectivity index (χ3v) is 9.79. The molecule has 2 saturated heterocycles. The molecule has 0 aromatic heterocycles. The maximum atomic E-state index is 12.8. The first kappa shape index (κ1) is 12.8. The lowest BCUT2D eigenvalue weighted by atomic mass is 9.80. The van der Waals surface area contributed by atoms with Crippen molar-refractivity contribution in [1.29, 1.82) is 0 Å². The average molecular weight is 291 g/mol. The molecular formula is C15H21NO3Si. The van der Waals surface area contributed by atoms with Gasteiger partial charge in [0.2, 0.25) is 11.8 Å². The molecule has 2 amide bonds. The minimum atomic E-state index is -1.61. The van der Waals surface area contributed by atoms with Crippen LogP contribution in [0.15, 0.2) is 12.7 Å². The Bertz CT molecular complexity index is 540. The van der Waals surface area contributed by atoms with E-state index in [0.29, 0.717) is 6.54 Å². The smallest absolute Gasteiger partial charge is 0.233 e. The quantitative estimate of drug-likeness (QED) is 0.344. The van der Waals surface area contributed by atoms with Crippen molar-refractivity contribution in [2.24, 2.45) is 17.8 Å². The number of epoxide rings is 1. The van der Waals surface area contributed by atoms with Crippen LogP contribution in [0.5, 0.6) is 0 Å². The van der Waals surface area contributed by atoms with Gasteiger partial charge in [0, 0.05) is 17.5 Å². The van der Waals surface area contributed by atoms with E-state index in [4.69, 9.17) is 4.74 Å². The zero-order valence-corrected chi connectivity index (χ0v) is 13.3. The first-order valence-corrected chi connectivity index (χ1v) is 11.0. The molecule has 0 aromatic rings. The van der Waals surface area contributed by atoms with Crippen LogP contribution in [0.3, 0.4) is 0 Å². The van der Waals surface area contributed by atoms with Gasteiger partial charge >= 0.3 is 0 Å². The van der Waals surface area contributed by atoms with Crippen molar-refractivity contribution in [2.75, 3.05) is 6.54 Å². The molecule has 0 N–H and O–H groups in total. The summed E-state index contributed by atoms with van der Waals surface area (Å²) in [5.41, 5.74) is 0. The van der Waals surface area contributed by atoms with Gasteiger partial charge in [-0.25, -0.2) is 0 Å². The zero-order valence-electron chi connectivity index (χ0n) is 12.3. The van der Waals surface area contributed by atoms with Gasteiger partial charge in [-0.1, -0.05) is 25.7 Å². The van der Waals surface area contributed by atoms with Gasteiger partial charge in [0.05, 0.1) is 32.1 Å². The van der Waals surface area contributed by atoms with E-state index in [1.54, 1.807) is 6.08 Å². The van der Waals surface area contributed by atoms with E-state index < -0.39 is 8.07 Å². The Balaban J connectivity index is 1.82. The predicted molar refractivity (Wildman–Crippen MR) is 76.7 cm³/mol. The van der Waals surface area contributed by atoms with Crippen LogP contribution >= 0.6 is 0 Å². The van der Waals surface area contributed by atoms with E-state index in [1.807, 2.05) is 0 Å². The Morgan fingerprint density at radius 2 is 2.10 bits per heavy atom. The molecule has 6 unspecified atom stereocenters. The number of imide groups is 1. The van der Waals surface area contributed by atoms with Crippen molar-refractivity contribution in [3.63, 3.8) is 0 Å². The topological polar surface area (TPSA) is 49.9 Å². The maximum Gasteiger partial charge on any atom is 0.233 e. The normalized spacial score (nSPS) is 48.5. The molecule has 0 spiro atoms. The van der Waals surface area contributed by atoms with Crippen LogP contribution < -0.4 is 0 Å². The first-order valence-electron chi connectivity index (χ1n) is 7.46. The molecule has 4 aliphatic rings. The van der Waals surface area contributed by atoms with Gasteiger partial charge in [-0.3, -0.25) is 14.5 Å². The number of carbonyl (C=O) groups is 2. The summed E-state index contributed by atoms with van der Waals surface area (Å²) in [5.74, 6) is 0.119. The third kappa shape index (κ3) is 1.14. The molecule has 2 heterocycles. The minimum Gasteiger partial charge on any atom is -0.369 e. The van der Waals surface area contributed by atoms with E-state index >= 15 is 0 Å². The molecule has 4 fully saturated rings. The van der Waals surface area contributed by atoms with Crippen molar-refractivity contribution in [3.05, 3.63) is 12.7 Å². The lowest BCUT2D eigenvalue weighted by Crippen LogP contribution is -2.49. The number of carbonyl (C=O) groups excluding carboxylic acids is 2. The van der Waals surface area contributed by atoms with Crippen LogP contribution in [0.2, 0.25) is 24.7 Å². The summed E-state index contributed by atoms with van der Waals surface area (Å²) in [6.07, 6.45) is 3.19. The maximum absolute atomic E-state index is 12.8. The van der Waals surface area contributed by atoms with E-state index in [-0.39, 0.29) is 46.8 Å². The van der Waals surface area contributed by atoms with Crippen LogP contribution in [0.4, 0.5) is 0 Å². The van der Waals surface area contributed by atoms with Crippen molar-refractivity contribution in [1.82, 2.24) is 4.90 Å². The number of fused-ring (bicyclic) bond motifs is 8. The van der Waals surface area contributed by atoms with Gasteiger partial charge in [0.1, 0.15) is 0 Å². The number of ether oxygens (including phenoxy) is 1. The number of likely N-dealkylation sites (tertiary alicyclic amines) is 1. The molecular weight excluding hydrogens is 270 g/mol. The highest BCUT2D eigenvalue weighted by atomic mass is 28.3. The highest BCUT2D eigenvalue weighted by Gasteiger charge is 2.82. The number of amides is 2. The number of rotatable bonds is 3. The summed E-state index contributed by atoms with van der Waals surface area (Å²) in [7, 11) is -1.61. The van der Waals surface area contributed by atoms with Gasteiger partial charge < -0.3 is 4.74 Å². The van der Waals surface area contributed by atoms with E-state index in [1.165, 1.54) is 4.90 Å². The molecule has 108 valence electrons. The zero-order chi connectivity index (χ0) is 14.4. The molecule has 2 bridgehead atoms. The van der Waals surface area contributed by atoms with Crippen molar-refractivity contribution in [3.8, 4) is 0 Å². The van der Waals surface area contributed by atoms with Crippen LogP contribution in [-0.4, -0.2) is 43.5 Å². The second kappa shape index (κ2) is 3.44. The van der Waals surface area contributed by atoms with E-state index in [0.717, 1.165) is 6.42 Å². The molecule has 2 aliphatic carbocycles. The third-order valence-electron chi connectivity index (χ3n) is 6.20. The Morgan fingerprint density at radius 3 is 2.70 bits per heavy atom. The molecule has 0 radical (unpaired) electrons. The van der Waals surface area contributed by atoms with Crippen molar-refractivity contribution in [2.45, 2.75) is 43.3 Å². The van der Waals surface area contributed by atoms with Crippen molar-refractivity contribution < 1.29 is 14.3 Å². The largest absolute Gasteiger partial charge is 0.369 e. The van der Waals surface area contributed by atoms with Crippen LogP contribution in [0, 0.1) is 17.8 Å². The fraction of sp³-hybridized carbons (Fsp3) is 0.733. The van der Waals surface area contributed by atoms with Gasteiger partial charge in [-0.05, 0) is 6.42 Å². The lowest BCUT2D eigenvalue weighted by Gasteiger charge is -2.42. The lowest BCUT2D eigenvalue weighted by molar-refractivity contribution is -0.140. The Labute approximate surface area is 120 Å². The predicted octanol–water partition coefficient (Wildman–Crippen LogP) is 1.65. The van der Waals surface area contributed by atoms with E-state index in [9.17, 15) is 9.59 Å². The molecule has 0 aromatic carbocycles. The summed E-state index contributed by atoms with van der Waals surface area (Å²) in [4.78, 5) is 26.9. The molecule has 4 nitrogen and oxygen atoms in total. The van der Waals surface area contributed by atoms with Gasteiger partial charge in [-0.2, -0.15) is 0 Å². The molecule has 2 aliphatic heterocycles. The highest BCUT2D eigenvalue weighted by Crippen LogP contribution is 2.77. The number of hydrogen-bond acceptors (Lipinski definition) is 3. The van der Waals surface area contributed by atoms with E-state index in [2.05, 4.69) is 26.2 Å². The van der Waals surface area contributed by atoms with Crippen LogP contribution in [-0.2, 0) is 14.3 Å². The van der Waals surface area contributed by atoms with Gasteiger partial charge in [-0.15, -0.1) is 6.58 Å². The summed E-state index contributed by atoms with van der Waals surface area (Å²) in [5, 5.41) is -0.0182. The van der Waals surface area contributed by atoms with Crippen LogP contribution in [0.25, 0.3) is 0 Å². The monoisotopic (exact) mass is 291 g/mol. The minimum absolute atomic E-state index is 0.0182. The fourth-order valence-corrected chi connectivity index (χ4v) is 8.52. The Hall–Kier alpha value is -0.943. The van der Waals surface area contributed by atoms with Gasteiger partial charge in [0.15, 0.2) is 0 Å². The second-order valence-corrected chi connectivity index (χ2v) is 13.2. The molecule has 4 rings (SSSR count). The van der Waals surface area contributed by atoms with Crippen molar-refractivity contribution >= 4 is 19.9 Å². The number of hydrogen-bond donors (Lipinski definition) is 0. The summed E-state index contributed by atoms with van der Waals surface area (Å²) >= 11 is 0. The molecule has 6 atom stereocenters. The molecule has 2 saturated carbocycles. The fourth-order valence-electron chi connectivity index (χ4n) is 5.35.